The summed E-state index contributed by atoms with van der Waals surface area (Å²) in [6.45, 7) is 4.47. The summed E-state index contributed by atoms with van der Waals surface area (Å²) in [4.78, 5) is 72.4. The molecule has 14 nitrogen and oxygen atoms in total. The van der Waals surface area contributed by atoms with Crippen molar-refractivity contribution in [2.45, 2.75) is 70.8 Å². The van der Waals surface area contributed by atoms with E-state index in [1.165, 1.54) is 25.1 Å². The highest BCUT2D eigenvalue weighted by molar-refractivity contribution is 6.50. The quantitative estimate of drug-likeness (QED) is 0.142. The largest absolute Gasteiger partial charge is 0.552 e. The molecule has 1 aromatic carbocycles. The van der Waals surface area contributed by atoms with Crippen molar-refractivity contribution >= 4 is 42.9 Å². The Morgan fingerprint density at radius 1 is 1.10 bits per heavy atom. The Hall–Kier alpha value is -4.14. The summed E-state index contributed by atoms with van der Waals surface area (Å²) >= 11 is 0. The van der Waals surface area contributed by atoms with Crippen LogP contribution < -0.4 is 5.32 Å². The molecule has 2 atom stereocenters. The normalized spacial score (nSPS) is 17.5. The van der Waals surface area contributed by atoms with Gasteiger partial charge >= 0.3 is 31.0 Å². The van der Waals surface area contributed by atoms with Crippen LogP contribution in [0, 0.1) is 5.92 Å². The number of rotatable bonds is 14. The number of benzene rings is 1. The minimum atomic E-state index is -2.46. The number of phenols is 1. The number of amides is 1. The van der Waals surface area contributed by atoms with E-state index in [9.17, 15) is 44.1 Å². The maximum Gasteiger partial charge on any atom is 0.552 e. The first-order valence-corrected chi connectivity index (χ1v) is 12.6. The molecule has 0 spiro atoms. The molecule has 218 valence electrons. The van der Waals surface area contributed by atoms with Gasteiger partial charge in [-0.05, 0) is 30.9 Å². The second kappa shape index (κ2) is 14.3. The van der Waals surface area contributed by atoms with Crippen LogP contribution in [0.2, 0.25) is 0 Å². The first kappa shape index (κ1) is 32.1. The zero-order valence-electron chi connectivity index (χ0n) is 22.3. The van der Waals surface area contributed by atoms with E-state index in [1.54, 1.807) is 0 Å². The standard InChI is InChI=1S/C25H32BNO13/c1-4-14(5-2)22(33)37-13-38-23(34)16-9-7-8-15(21(16)32)10-17(27-18(28)6-3)26-39-20(31)12-25(40-26,24(35)36)11-19(29)30/h7-9,14,17,32H,4-6,10-13H2,1-3H3,(H,27,28)(H,29,30)(H,35,36)/t17-,25+/m0/s1. The van der Waals surface area contributed by atoms with Crippen molar-refractivity contribution in [2.24, 2.45) is 5.92 Å². The lowest BCUT2D eigenvalue weighted by Gasteiger charge is -2.37. The smallest absolute Gasteiger partial charge is 0.508 e. The predicted molar refractivity (Wildman–Crippen MR) is 135 cm³/mol. The lowest BCUT2D eigenvalue weighted by molar-refractivity contribution is -0.175. The van der Waals surface area contributed by atoms with Crippen molar-refractivity contribution < 1.29 is 62.9 Å². The molecule has 0 bridgehead atoms. The third-order valence-corrected chi connectivity index (χ3v) is 6.33. The van der Waals surface area contributed by atoms with Crippen LogP contribution in [-0.4, -0.2) is 76.5 Å². The number of esters is 2. The summed E-state index contributed by atoms with van der Waals surface area (Å²) in [6.07, 6.45) is -1.20. The van der Waals surface area contributed by atoms with Gasteiger partial charge in [0.25, 0.3) is 5.97 Å². The molecule has 0 unspecified atom stereocenters. The zero-order valence-corrected chi connectivity index (χ0v) is 22.3. The molecule has 40 heavy (non-hydrogen) atoms. The molecule has 0 aliphatic carbocycles. The van der Waals surface area contributed by atoms with E-state index in [2.05, 4.69) is 5.32 Å². The van der Waals surface area contributed by atoms with Crippen LogP contribution in [0.3, 0.4) is 0 Å². The van der Waals surface area contributed by atoms with E-state index in [1.807, 2.05) is 13.8 Å². The number of hydrogen-bond acceptors (Lipinski definition) is 11. The van der Waals surface area contributed by atoms with Gasteiger partial charge in [0.2, 0.25) is 12.7 Å². The number of hydrogen-bond donors (Lipinski definition) is 4. The molecule has 1 amide bonds. The van der Waals surface area contributed by atoms with Crippen LogP contribution in [0.5, 0.6) is 5.75 Å². The molecule has 2 rings (SSSR count). The maximum absolute atomic E-state index is 12.6. The Labute approximate surface area is 230 Å². The number of nitrogens with one attached hydrogen (secondary N) is 1. The lowest BCUT2D eigenvalue weighted by atomic mass is 9.71. The third-order valence-electron chi connectivity index (χ3n) is 6.33. The average Bonchev–Trinajstić information content (AvgIpc) is 2.89. The topological polar surface area (TPSA) is 212 Å². The Balaban J connectivity index is 2.28. The molecule has 0 saturated carbocycles. The fraction of sp³-hybridized carbons (Fsp3) is 0.520. The number of ether oxygens (including phenoxy) is 2. The second-order valence-electron chi connectivity index (χ2n) is 9.09. The van der Waals surface area contributed by atoms with Gasteiger partial charge < -0.3 is 39.4 Å². The molecule has 1 fully saturated rings. The molecular formula is C25H32BNO13. The van der Waals surface area contributed by atoms with Crippen molar-refractivity contribution in [1.29, 1.82) is 0 Å². The second-order valence-corrected chi connectivity index (χ2v) is 9.09. The SMILES string of the molecule is CCC(=O)N[C@@H](Cc1cccc(C(=O)OCOC(=O)C(CC)CC)c1O)B1OC(=O)C[C@](CC(=O)O)(C(=O)O)O1. The predicted octanol–water partition coefficient (Wildman–Crippen LogP) is 1.21. The first-order chi connectivity index (χ1) is 18.9. The summed E-state index contributed by atoms with van der Waals surface area (Å²) in [6, 6.07) is 4.01. The maximum atomic E-state index is 12.6. The lowest BCUT2D eigenvalue weighted by Crippen LogP contribution is -2.61. The highest BCUT2D eigenvalue weighted by Gasteiger charge is 2.54. The highest BCUT2D eigenvalue weighted by atomic mass is 16.7. The van der Waals surface area contributed by atoms with Gasteiger partial charge in [-0.3, -0.25) is 19.2 Å². The van der Waals surface area contributed by atoms with Gasteiger partial charge in [-0.1, -0.05) is 32.9 Å². The van der Waals surface area contributed by atoms with Crippen LogP contribution in [0.15, 0.2) is 18.2 Å². The number of carboxylic acids is 2. The molecule has 0 radical (unpaired) electrons. The van der Waals surface area contributed by atoms with Crippen molar-refractivity contribution in [3.05, 3.63) is 29.3 Å². The van der Waals surface area contributed by atoms with E-state index in [0.717, 1.165) is 0 Å². The van der Waals surface area contributed by atoms with Gasteiger partial charge in [-0.2, -0.15) is 0 Å². The number of aromatic hydroxyl groups is 1. The van der Waals surface area contributed by atoms with Crippen LogP contribution >= 0.6 is 0 Å². The van der Waals surface area contributed by atoms with Crippen molar-refractivity contribution in [2.75, 3.05) is 6.79 Å². The van der Waals surface area contributed by atoms with Gasteiger partial charge in [-0.25, -0.2) is 9.59 Å². The molecule has 0 aromatic heterocycles. The number of carboxylic acid groups (broad SMARTS) is 2. The molecule has 1 saturated heterocycles. The van der Waals surface area contributed by atoms with Crippen molar-refractivity contribution in [3.63, 3.8) is 0 Å². The van der Waals surface area contributed by atoms with Crippen LogP contribution in [0.1, 0.15) is 68.8 Å². The highest BCUT2D eigenvalue weighted by Crippen LogP contribution is 2.31. The summed E-state index contributed by atoms with van der Waals surface area (Å²) in [5.41, 5.74) is -2.71. The minimum absolute atomic E-state index is 0.0235. The number of carbonyl (C=O) groups is 6. The third kappa shape index (κ3) is 8.18. The Bertz CT molecular complexity index is 1130. The molecule has 1 aromatic rings. The summed E-state index contributed by atoms with van der Waals surface area (Å²) in [7, 11) is -1.74. The van der Waals surface area contributed by atoms with Gasteiger partial charge in [-0.15, -0.1) is 0 Å². The monoisotopic (exact) mass is 565 g/mol. The van der Waals surface area contributed by atoms with E-state index >= 15 is 0 Å². The van der Waals surface area contributed by atoms with Gasteiger partial charge in [0.05, 0.1) is 24.7 Å². The number of para-hydroxylation sites is 1. The Morgan fingerprint density at radius 3 is 2.35 bits per heavy atom. The van der Waals surface area contributed by atoms with Crippen LogP contribution in [0.4, 0.5) is 0 Å². The van der Waals surface area contributed by atoms with E-state index in [4.69, 9.17) is 18.8 Å². The average molecular weight is 565 g/mol. The fourth-order valence-electron chi connectivity index (χ4n) is 4.05. The Kier molecular flexibility index (Phi) is 11.5. The number of aliphatic carboxylic acids is 2. The molecule has 1 aliphatic rings. The number of phenolic OH excluding ortho intramolecular Hbond substituents is 1. The van der Waals surface area contributed by atoms with Crippen LogP contribution in [-0.2, 0) is 49.2 Å². The summed E-state index contributed by atoms with van der Waals surface area (Å²) in [5.74, 6) is -8.63. The molecule has 1 heterocycles. The Morgan fingerprint density at radius 2 is 1.77 bits per heavy atom. The van der Waals surface area contributed by atoms with Gasteiger partial charge in [0, 0.05) is 6.42 Å². The minimum Gasteiger partial charge on any atom is -0.508 e. The van der Waals surface area contributed by atoms with E-state index in [0.29, 0.717) is 12.8 Å². The van der Waals surface area contributed by atoms with E-state index in [-0.39, 0.29) is 29.9 Å². The molecule has 4 N–H and O–H groups in total. The molecule has 1 aliphatic heterocycles. The zero-order chi connectivity index (χ0) is 30.0. The van der Waals surface area contributed by atoms with Crippen LogP contribution in [0.25, 0.3) is 0 Å². The van der Waals surface area contributed by atoms with Gasteiger partial charge in [0.15, 0.2) is 5.60 Å². The van der Waals surface area contributed by atoms with Crippen molar-refractivity contribution in [3.8, 4) is 5.75 Å². The van der Waals surface area contributed by atoms with Crippen molar-refractivity contribution in [1.82, 2.24) is 5.32 Å². The molecule has 15 heteroatoms. The fourth-order valence-corrected chi connectivity index (χ4v) is 4.05. The van der Waals surface area contributed by atoms with Gasteiger partial charge in [0.1, 0.15) is 11.3 Å². The number of carbonyl (C=O) groups excluding carboxylic acids is 4. The first-order valence-electron chi connectivity index (χ1n) is 12.6. The summed E-state index contributed by atoms with van der Waals surface area (Å²) < 4.78 is 20.5. The van der Waals surface area contributed by atoms with E-state index < -0.39 is 79.8 Å². The summed E-state index contributed by atoms with van der Waals surface area (Å²) in [5, 5.41) is 32.2. The molecular weight excluding hydrogens is 533 g/mol.